The van der Waals surface area contributed by atoms with Crippen LogP contribution in [0.2, 0.25) is 0 Å². The van der Waals surface area contributed by atoms with Crippen molar-refractivity contribution in [2.45, 2.75) is 18.7 Å². The lowest BCUT2D eigenvalue weighted by Crippen LogP contribution is -2.31. The van der Waals surface area contributed by atoms with Crippen molar-refractivity contribution < 1.29 is 13.2 Å². The molecule has 1 heterocycles. The second-order valence-electron chi connectivity index (χ2n) is 5.70. The van der Waals surface area contributed by atoms with E-state index >= 15 is 0 Å². The van der Waals surface area contributed by atoms with Crippen molar-refractivity contribution in [3.63, 3.8) is 0 Å². The molecular weight excluding hydrogens is 392 g/mol. The molecule has 0 saturated heterocycles. The zero-order valence-corrected chi connectivity index (χ0v) is 17.2. The van der Waals surface area contributed by atoms with Crippen LogP contribution in [0.1, 0.15) is 24.2 Å². The summed E-state index contributed by atoms with van der Waals surface area (Å²) >= 11 is 0. The van der Waals surface area contributed by atoms with E-state index in [-0.39, 0.29) is 22.9 Å². The topological polar surface area (TPSA) is 111 Å². The Bertz CT molecular complexity index is 955. The molecule has 0 fully saturated rings. The summed E-state index contributed by atoms with van der Waals surface area (Å²) in [6, 6.07) is 5.57. The fourth-order valence-electron chi connectivity index (χ4n) is 2.69. The number of likely N-dealkylation sites (N-methyl/N-ethyl adjacent to an activating group) is 1. The largest absolute Gasteiger partial charge is 0.351 e. The van der Waals surface area contributed by atoms with Crippen molar-refractivity contribution in [3.05, 3.63) is 40.2 Å². The number of nitrogens with zero attached hydrogens (tertiary/aromatic N) is 1. The van der Waals surface area contributed by atoms with E-state index in [2.05, 4.69) is 15.6 Å². The Balaban J connectivity index is 0.00000364. The molecule has 0 atom stereocenters. The summed E-state index contributed by atoms with van der Waals surface area (Å²) in [7, 11) is -1.90. The number of carbonyl (C=O) groups excluding carboxylic acids is 1. The van der Waals surface area contributed by atoms with Crippen molar-refractivity contribution in [2.24, 2.45) is 0 Å². The summed E-state index contributed by atoms with van der Waals surface area (Å²) in [5, 5.41) is 6.01. The number of rotatable bonds is 8. The molecule has 2 aromatic rings. The third-order valence-corrected chi connectivity index (χ3v) is 6.11. The number of H-pyrrole nitrogens is 1. The molecule has 150 valence electrons. The zero-order chi connectivity index (χ0) is 19.3. The lowest BCUT2D eigenvalue weighted by Gasteiger charge is -2.19. The van der Waals surface area contributed by atoms with Gasteiger partial charge >= 0.3 is 0 Å². The molecule has 10 heteroatoms. The summed E-state index contributed by atoms with van der Waals surface area (Å²) in [6.45, 7) is 5.19. The third kappa shape index (κ3) is 5.07. The highest BCUT2D eigenvalue weighted by atomic mass is 35.5. The van der Waals surface area contributed by atoms with Crippen LogP contribution in [0, 0.1) is 0 Å². The number of halogens is 1. The molecule has 3 N–H and O–H groups in total. The molecule has 1 amide bonds. The van der Waals surface area contributed by atoms with Crippen LogP contribution in [-0.4, -0.2) is 56.8 Å². The van der Waals surface area contributed by atoms with Gasteiger partial charge in [-0.3, -0.25) is 9.59 Å². The monoisotopic (exact) mass is 416 g/mol. The second kappa shape index (κ2) is 9.84. The normalized spacial score (nSPS) is 11.4. The minimum Gasteiger partial charge on any atom is -0.351 e. The standard InChI is InChI=1S/C17H24N4O4S.ClH/c1-4-21(5-2)26(24,25)12-6-7-15-13(10-12)14(11-16(22)20-15)17(23)19-9-8-18-3;/h6-7,10-11,18H,4-5,8-9H2,1-3H3,(H,19,23)(H,20,22);1H. The molecule has 0 radical (unpaired) electrons. The first-order chi connectivity index (χ1) is 12.3. The number of benzene rings is 1. The predicted molar refractivity (Wildman–Crippen MR) is 108 cm³/mol. The Morgan fingerprint density at radius 3 is 2.41 bits per heavy atom. The van der Waals surface area contributed by atoms with E-state index in [4.69, 9.17) is 0 Å². The number of pyridine rings is 1. The van der Waals surface area contributed by atoms with E-state index in [1.165, 1.54) is 28.6 Å². The van der Waals surface area contributed by atoms with Crippen molar-refractivity contribution in [1.82, 2.24) is 19.9 Å². The van der Waals surface area contributed by atoms with Crippen LogP contribution in [0.3, 0.4) is 0 Å². The van der Waals surface area contributed by atoms with Gasteiger partial charge in [0, 0.05) is 43.1 Å². The summed E-state index contributed by atoms with van der Waals surface area (Å²) in [6.07, 6.45) is 0. The Morgan fingerprint density at radius 2 is 1.81 bits per heavy atom. The number of fused-ring (bicyclic) bond motifs is 1. The van der Waals surface area contributed by atoms with Gasteiger partial charge in [-0.2, -0.15) is 4.31 Å². The van der Waals surface area contributed by atoms with Crippen LogP contribution in [0.15, 0.2) is 34.0 Å². The number of hydrogen-bond acceptors (Lipinski definition) is 5. The highest BCUT2D eigenvalue weighted by Crippen LogP contribution is 2.22. The van der Waals surface area contributed by atoms with Crippen LogP contribution in [0.25, 0.3) is 10.9 Å². The number of amides is 1. The summed E-state index contributed by atoms with van der Waals surface area (Å²) in [5.41, 5.74) is 0.141. The van der Waals surface area contributed by atoms with Crippen molar-refractivity contribution >= 4 is 39.2 Å². The van der Waals surface area contributed by atoms with E-state index in [1.807, 2.05) is 0 Å². The number of aromatic amines is 1. The van der Waals surface area contributed by atoms with E-state index in [9.17, 15) is 18.0 Å². The Morgan fingerprint density at radius 1 is 1.15 bits per heavy atom. The molecule has 8 nitrogen and oxygen atoms in total. The number of nitrogens with one attached hydrogen (secondary N) is 3. The minimum atomic E-state index is -3.67. The third-order valence-electron chi connectivity index (χ3n) is 4.06. The molecule has 0 bridgehead atoms. The number of carbonyl (C=O) groups is 1. The number of aromatic nitrogens is 1. The first kappa shape index (κ1) is 23.1. The van der Waals surface area contributed by atoms with Crippen LogP contribution in [0.5, 0.6) is 0 Å². The molecule has 1 aromatic carbocycles. The maximum atomic E-state index is 12.7. The lowest BCUT2D eigenvalue weighted by molar-refractivity contribution is 0.0955. The molecule has 0 aliphatic carbocycles. The van der Waals surface area contributed by atoms with Crippen LogP contribution >= 0.6 is 12.4 Å². The van der Waals surface area contributed by atoms with Gasteiger partial charge in [0.15, 0.2) is 0 Å². The smallest absolute Gasteiger partial charge is 0.252 e. The van der Waals surface area contributed by atoms with Gasteiger partial charge in [-0.05, 0) is 25.2 Å². The lowest BCUT2D eigenvalue weighted by atomic mass is 10.1. The summed E-state index contributed by atoms with van der Waals surface area (Å²) in [5.74, 6) is -0.422. The number of sulfonamides is 1. The highest BCUT2D eigenvalue weighted by Gasteiger charge is 2.23. The quantitative estimate of drug-likeness (QED) is 0.554. The second-order valence-corrected chi connectivity index (χ2v) is 7.64. The van der Waals surface area contributed by atoms with E-state index < -0.39 is 21.5 Å². The van der Waals surface area contributed by atoms with Gasteiger partial charge in [0.25, 0.3) is 5.91 Å². The molecule has 1 aromatic heterocycles. The zero-order valence-electron chi connectivity index (χ0n) is 15.5. The Labute approximate surface area is 164 Å². The van der Waals surface area contributed by atoms with Gasteiger partial charge in [0.2, 0.25) is 15.6 Å². The molecule has 0 saturated carbocycles. The van der Waals surface area contributed by atoms with Crippen molar-refractivity contribution in [1.29, 1.82) is 0 Å². The predicted octanol–water partition coefficient (Wildman–Crippen LogP) is 0.930. The molecule has 0 aliphatic heterocycles. The first-order valence-electron chi connectivity index (χ1n) is 8.45. The van der Waals surface area contributed by atoms with Gasteiger partial charge in [-0.1, -0.05) is 13.8 Å². The summed E-state index contributed by atoms with van der Waals surface area (Å²) < 4.78 is 26.8. The number of hydrogen-bond donors (Lipinski definition) is 3. The maximum absolute atomic E-state index is 12.7. The van der Waals surface area contributed by atoms with E-state index in [0.717, 1.165) is 0 Å². The molecule has 0 spiro atoms. The minimum absolute atomic E-state index is 0. The average molecular weight is 417 g/mol. The first-order valence-corrected chi connectivity index (χ1v) is 9.89. The fourth-order valence-corrected chi connectivity index (χ4v) is 4.17. The SMILES string of the molecule is CCN(CC)S(=O)(=O)c1ccc2[nH]c(=O)cc(C(=O)NCCNC)c2c1.Cl. The van der Waals surface area contributed by atoms with Gasteiger partial charge in [0.05, 0.1) is 10.5 Å². The van der Waals surface area contributed by atoms with Crippen molar-refractivity contribution in [2.75, 3.05) is 33.2 Å². The van der Waals surface area contributed by atoms with Crippen LogP contribution in [0.4, 0.5) is 0 Å². The van der Waals surface area contributed by atoms with E-state index in [1.54, 1.807) is 20.9 Å². The molecular formula is C17H25ClN4O4S. The highest BCUT2D eigenvalue weighted by molar-refractivity contribution is 7.89. The molecule has 0 unspecified atom stereocenters. The molecule has 27 heavy (non-hydrogen) atoms. The fraction of sp³-hybridized carbons (Fsp3) is 0.412. The van der Waals surface area contributed by atoms with Gasteiger partial charge in [-0.15, -0.1) is 12.4 Å². The van der Waals surface area contributed by atoms with Crippen LogP contribution < -0.4 is 16.2 Å². The Kier molecular flexibility index (Phi) is 8.42. The van der Waals surface area contributed by atoms with Crippen LogP contribution in [-0.2, 0) is 10.0 Å². The van der Waals surface area contributed by atoms with Gasteiger partial charge in [0.1, 0.15) is 0 Å². The average Bonchev–Trinajstić information content (AvgIpc) is 2.61. The Hall–Kier alpha value is -1.94. The maximum Gasteiger partial charge on any atom is 0.252 e. The molecule has 2 rings (SSSR count). The van der Waals surface area contributed by atoms with Crippen molar-refractivity contribution in [3.8, 4) is 0 Å². The van der Waals surface area contributed by atoms with Gasteiger partial charge < -0.3 is 15.6 Å². The van der Waals surface area contributed by atoms with E-state index in [0.29, 0.717) is 37.1 Å². The summed E-state index contributed by atoms with van der Waals surface area (Å²) in [4.78, 5) is 27.0. The molecule has 0 aliphatic rings. The van der Waals surface area contributed by atoms with Gasteiger partial charge in [-0.25, -0.2) is 8.42 Å².